The van der Waals surface area contributed by atoms with E-state index in [9.17, 15) is 35.1 Å². The maximum absolute atomic E-state index is 13.8. The Balaban J connectivity index is 0.00000110. The third kappa shape index (κ3) is 19.1. The molecular formula is C27H47F8NO11S. The van der Waals surface area contributed by atoms with Crippen molar-refractivity contribution in [3.63, 3.8) is 0 Å². The van der Waals surface area contributed by atoms with Crippen LogP contribution in [0, 0.1) is 0 Å². The van der Waals surface area contributed by atoms with Crippen molar-refractivity contribution in [3.8, 4) is 0 Å². The molecule has 288 valence electrons. The fourth-order valence-corrected chi connectivity index (χ4v) is 4.11. The van der Waals surface area contributed by atoms with Gasteiger partial charge >= 0.3 is 23.4 Å². The molecule has 0 bridgehead atoms. The first-order valence-electron chi connectivity index (χ1n) is 15.2. The van der Waals surface area contributed by atoms with E-state index in [0.29, 0.717) is 45.7 Å². The molecule has 2 aliphatic rings. The molecule has 2 fully saturated rings. The van der Waals surface area contributed by atoms with E-state index < -0.39 is 61.0 Å². The summed E-state index contributed by atoms with van der Waals surface area (Å²) in [5.74, 6) is -5.27. The van der Waals surface area contributed by atoms with Crippen LogP contribution in [0.4, 0.5) is 35.1 Å². The topological polar surface area (TPSA) is 116 Å². The van der Waals surface area contributed by atoms with Gasteiger partial charge in [0.25, 0.3) is 0 Å². The van der Waals surface area contributed by atoms with Crippen molar-refractivity contribution >= 4 is 12.0 Å². The second kappa shape index (κ2) is 24.5. The van der Waals surface area contributed by atoms with Gasteiger partial charge in [0.15, 0.2) is 0 Å². The fraction of sp³-hybridized carbons (Fsp3) is 1.00. The monoisotopic (exact) mass is 745 g/mol. The lowest BCUT2D eigenvalue weighted by Crippen LogP contribution is -2.52. The van der Waals surface area contributed by atoms with Crippen molar-refractivity contribution in [2.24, 2.45) is 0 Å². The molecule has 0 aromatic rings. The van der Waals surface area contributed by atoms with Crippen LogP contribution in [0.3, 0.4) is 0 Å². The quantitative estimate of drug-likeness (QED) is 0.0936. The van der Waals surface area contributed by atoms with Gasteiger partial charge in [0.2, 0.25) is 0 Å². The van der Waals surface area contributed by atoms with Crippen LogP contribution in [-0.2, 0) is 47.0 Å². The van der Waals surface area contributed by atoms with E-state index in [4.69, 9.17) is 43.2 Å². The number of likely N-dealkylation sites (tertiary alicyclic amines) is 1. The predicted molar refractivity (Wildman–Crippen MR) is 154 cm³/mol. The van der Waals surface area contributed by atoms with Crippen LogP contribution < -0.4 is 0 Å². The average Bonchev–Trinajstić information content (AvgIpc) is 3.01. The first kappa shape index (κ1) is 45.3. The summed E-state index contributed by atoms with van der Waals surface area (Å²) in [5, 5.41) is 2.23. The Kier molecular flexibility index (Phi) is 23.1. The summed E-state index contributed by atoms with van der Waals surface area (Å²) in [7, 11) is 3.96. The number of ether oxygens (including phenoxy) is 9. The largest absolute Gasteiger partial charge is 0.436 e. The molecule has 0 aliphatic carbocycles. The summed E-state index contributed by atoms with van der Waals surface area (Å²) >= 11 is -1.66. The minimum absolute atomic E-state index is 0.00387. The Labute approximate surface area is 278 Å². The third-order valence-corrected chi connectivity index (χ3v) is 7.14. The summed E-state index contributed by atoms with van der Waals surface area (Å²) in [5.41, 5.74) is 0. The van der Waals surface area contributed by atoms with Crippen LogP contribution in [-0.4, -0.2) is 159 Å². The minimum Gasteiger partial charge on any atom is -0.381 e. The van der Waals surface area contributed by atoms with Crippen molar-refractivity contribution in [2.75, 3.05) is 113 Å². The van der Waals surface area contributed by atoms with Crippen LogP contribution in [0.25, 0.3) is 0 Å². The summed E-state index contributed by atoms with van der Waals surface area (Å²) < 4.78 is 155. The Morgan fingerprint density at radius 2 is 1.25 bits per heavy atom. The summed E-state index contributed by atoms with van der Waals surface area (Å²) in [6, 6.07) is 0. The smallest absolute Gasteiger partial charge is 0.381 e. The minimum atomic E-state index is -6.11. The molecule has 48 heavy (non-hydrogen) atoms. The van der Waals surface area contributed by atoms with Crippen LogP contribution >= 0.6 is 12.0 Å². The summed E-state index contributed by atoms with van der Waals surface area (Å²) in [6.07, 6.45) is -12.4. The number of piperidine rings is 1. The van der Waals surface area contributed by atoms with Crippen LogP contribution in [0.2, 0.25) is 0 Å². The lowest BCUT2D eigenvalue weighted by molar-refractivity contribution is -0.456. The second-order valence-corrected chi connectivity index (χ2v) is 11.3. The molecule has 0 aromatic heterocycles. The maximum Gasteiger partial charge on any atom is 0.436 e. The van der Waals surface area contributed by atoms with Crippen molar-refractivity contribution in [3.05, 3.63) is 0 Å². The van der Waals surface area contributed by atoms with E-state index in [1.54, 1.807) is 7.11 Å². The van der Waals surface area contributed by atoms with Crippen molar-refractivity contribution in [1.29, 1.82) is 0 Å². The molecule has 0 radical (unpaired) electrons. The standard InChI is InChI=1S/C20H32F8O10S.C7H15NO/c21-17(22,18(23,24)37-19(25,26)20(27,28)39-38-29)2-1-3-34-14-16-15-35-11-10-32-7-6-30-4-5-31-8-9-33-12-13-36-16;1-8-5-3-7(9-2)4-6-8/h16,29H,1-15H2;7H,3-6H2,1-2H3. The molecule has 1 N–H and O–H groups in total. The van der Waals surface area contributed by atoms with E-state index in [1.165, 1.54) is 25.9 Å². The number of rotatable bonds is 13. The highest BCUT2D eigenvalue weighted by Gasteiger charge is 2.69. The van der Waals surface area contributed by atoms with Gasteiger partial charge in [-0.15, -0.1) is 0 Å². The van der Waals surface area contributed by atoms with Crippen molar-refractivity contribution in [2.45, 2.75) is 61.3 Å². The zero-order valence-corrected chi connectivity index (χ0v) is 27.8. The fourth-order valence-electron chi connectivity index (χ4n) is 3.88. The molecule has 0 saturated carbocycles. The molecule has 12 nitrogen and oxygen atoms in total. The van der Waals surface area contributed by atoms with E-state index in [0.717, 1.165) is 0 Å². The first-order chi connectivity index (χ1) is 22.7. The highest BCUT2D eigenvalue weighted by atomic mass is 32.2. The summed E-state index contributed by atoms with van der Waals surface area (Å²) in [6.45, 7) is 4.50. The van der Waals surface area contributed by atoms with E-state index >= 15 is 0 Å². The number of hydrogen-bond donors (Lipinski definition) is 1. The van der Waals surface area contributed by atoms with Crippen LogP contribution in [0.5, 0.6) is 0 Å². The van der Waals surface area contributed by atoms with Crippen LogP contribution in [0.15, 0.2) is 0 Å². The van der Waals surface area contributed by atoms with Gasteiger partial charge in [0.05, 0.1) is 85.4 Å². The molecule has 0 spiro atoms. The molecule has 2 aliphatic heterocycles. The predicted octanol–water partition coefficient (Wildman–Crippen LogP) is 4.56. The molecule has 1 unspecified atom stereocenters. The van der Waals surface area contributed by atoms with Gasteiger partial charge in [-0.3, -0.25) is 0 Å². The highest BCUT2D eigenvalue weighted by molar-refractivity contribution is 7.95. The van der Waals surface area contributed by atoms with E-state index in [1.807, 2.05) is 0 Å². The Morgan fingerprint density at radius 3 is 1.75 bits per heavy atom. The molecule has 0 amide bonds. The van der Waals surface area contributed by atoms with Gasteiger partial charge in [0, 0.05) is 33.2 Å². The summed E-state index contributed by atoms with van der Waals surface area (Å²) in [4.78, 5) is 2.34. The molecule has 2 heterocycles. The highest BCUT2D eigenvalue weighted by Crippen LogP contribution is 2.50. The number of alkyl halides is 8. The molecular weight excluding hydrogens is 698 g/mol. The normalized spacial score (nSPS) is 21.9. The van der Waals surface area contributed by atoms with Gasteiger partial charge in [-0.2, -0.15) is 39.5 Å². The Morgan fingerprint density at radius 1 is 0.750 bits per heavy atom. The number of halogens is 8. The molecule has 2 rings (SSSR count). The van der Waals surface area contributed by atoms with Gasteiger partial charge < -0.3 is 42.8 Å². The Bertz CT molecular complexity index is 789. The molecule has 2 saturated heterocycles. The lowest BCUT2D eigenvalue weighted by Gasteiger charge is -2.31. The van der Waals surface area contributed by atoms with Gasteiger partial charge in [-0.1, -0.05) is 0 Å². The third-order valence-electron chi connectivity index (χ3n) is 6.62. The van der Waals surface area contributed by atoms with Crippen LogP contribution in [0.1, 0.15) is 25.7 Å². The second-order valence-electron chi connectivity index (χ2n) is 10.4. The Hall–Kier alpha value is -0.690. The first-order valence-corrected chi connectivity index (χ1v) is 15.9. The SMILES string of the molecule is COC1CCN(C)CC1.OOSC(F)(F)C(F)(F)OC(F)(F)C(F)(F)CCCOCC1COCCOCCOCCOCCOCCO1. The van der Waals surface area contributed by atoms with Gasteiger partial charge in [-0.05, 0) is 26.3 Å². The van der Waals surface area contributed by atoms with Gasteiger partial charge in [-0.25, -0.2) is 9.99 Å². The molecule has 1 atom stereocenters. The zero-order valence-electron chi connectivity index (χ0n) is 27.0. The van der Waals surface area contributed by atoms with Gasteiger partial charge in [0.1, 0.15) is 18.1 Å². The van der Waals surface area contributed by atoms with Crippen molar-refractivity contribution in [1.82, 2.24) is 4.90 Å². The molecule has 21 heteroatoms. The van der Waals surface area contributed by atoms with Crippen molar-refractivity contribution < 1.29 is 87.3 Å². The maximum atomic E-state index is 13.8. The number of methoxy groups -OCH3 is 1. The van der Waals surface area contributed by atoms with E-state index in [-0.39, 0.29) is 39.6 Å². The number of hydrogen-bond acceptors (Lipinski definition) is 13. The average molecular weight is 746 g/mol. The lowest BCUT2D eigenvalue weighted by atomic mass is 10.1. The zero-order chi connectivity index (χ0) is 35.9. The molecule has 0 aromatic carbocycles. The van der Waals surface area contributed by atoms with E-state index in [2.05, 4.69) is 21.0 Å². The number of nitrogens with zero attached hydrogens (tertiary/aromatic N) is 1.